The number of amides is 1. The normalized spacial score (nSPS) is 12.1. The number of carbonyl (C=O) groups is 1. The van der Waals surface area contributed by atoms with E-state index in [1.54, 1.807) is 18.2 Å². The number of phenols is 1. The minimum Gasteiger partial charge on any atom is -0.508 e. The zero-order valence-corrected chi connectivity index (χ0v) is 10.0. The number of benzene rings is 1. The number of rotatable bonds is 6. The summed E-state index contributed by atoms with van der Waals surface area (Å²) in [7, 11) is 0. The molecular formula is C13H19NO3. The fourth-order valence-electron chi connectivity index (χ4n) is 1.55. The standard InChI is InChI=1S/C13H19NO3/c1-2-11(9-15)14-13(17)8-7-10-5-3-4-6-12(10)16/h3-6,11,15-16H,2,7-9H2,1H3,(H,14,17)/t11-/m1/s1. The van der Waals surface area contributed by atoms with Crippen molar-refractivity contribution in [1.29, 1.82) is 0 Å². The number of carbonyl (C=O) groups excluding carboxylic acids is 1. The van der Waals surface area contributed by atoms with Crippen LogP contribution in [-0.2, 0) is 11.2 Å². The van der Waals surface area contributed by atoms with E-state index in [1.165, 1.54) is 0 Å². The first kappa shape index (κ1) is 13.5. The Bertz CT molecular complexity index is 361. The molecule has 0 fully saturated rings. The Morgan fingerprint density at radius 1 is 1.41 bits per heavy atom. The molecule has 1 amide bonds. The molecule has 94 valence electrons. The van der Waals surface area contributed by atoms with Crippen LogP contribution in [0, 0.1) is 0 Å². The van der Waals surface area contributed by atoms with Gasteiger partial charge in [-0.2, -0.15) is 0 Å². The lowest BCUT2D eigenvalue weighted by atomic mass is 10.1. The lowest BCUT2D eigenvalue weighted by Crippen LogP contribution is -2.37. The van der Waals surface area contributed by atoms with E-state index in [9.17, 15) is 9.90 Å². The predicted octanol–water partition coefficient (Wildman–Crippen LogP) is 1.21. The van der Waals surface area contributed by atoms with Crippen LogP contribution in [0.2, 0.25) is 0 Å². The highest BCUT2D eigenvalue weighted by molar-refractivity contribution is 5.76. The molecule has 1 aromatic rings. The van der Waals surface area contributed by atoms with Crippen molar-refractivity contribution >= 4 is 5.91 Å². The van der Waals surface area contributed by atoms with E-state index in [0.29, 0.717) is 19.3 Å². The lowest BCUT2D eigenvalue weighted by Gasteiger charge is -2.13. The zero-order valence-electron chi connectivity index (χ0n) is 10.0. The molecule has 4 heteroatoms. The molecule has 3 N–H and O–H groups in total. The van der Waals surface area contributed by atoms with Crippen molar-refractivity contribution in [1.82, 2.24) is 5.32 Å². The van der Waals surface area contributed by atoms with Gasteiger partial charge in [0.25, 0.3) is 0 Å². The maximum Gasteiger partial charge on any atom is 0.220 e. The van der Waals surface area contributed by atoms with Crippen molar-refractivity contribution in [3.63, 3.8) is 0 Å². The molecule has 0 aliphatic rings. The molecule has 17 heavy (non-hydrogen) atoms. The van der Waals surface area contributed by atoms with Gasteiger partial charge in [-0.15, -0.1) is 0 Å². The Morgan fingerprint density at radius 3 is 2.71 bits per heavy atom. The average molecular weight is 237 g/mol. The Labute approximate surface area is 101 Å². The smallest absolute Gasteiger partial charge is 0.220 e. The molecule has 0 saturated carbocycles. The number of nitrogens with one attached hydrogen (secondary N) is 1. The highest BCUT2D eigenvalue weighted by atomic mass is 16.3. The Morgan fingerprint density at radius 2 is 2.12 bits per heavy atom. The quantitative estimate of drug-likeness (QED) is 0.696. The van der Waals surface area contributed by atoms with Crippen molar-refractivity contribution in [2.45, 2.75) is 32.2 Å². The Balaban J connectivity index is 2.41. The van der Waals surface area contributed by atoms with Crippen molar-refractivity contribution in [3.8, 4) is 5.75 Å². The van der Waals surface area contributed by atoms with Crippen LogP contribution in [0.15, 0.2) is 24.3 Å². The van der Waals surface area contributed by atoms with Crippen molar-refractivity contribution in [2.75, 3.05) is 6.61 Å². The summed E-state index contributed by atoms with van der Waals surface area (Å²) < 4.78 is 0. The van der Waals surface area contributed by atoms with Gasteiger partial charge in [0.15, 0.2) is 0 Å². The lowest BCUT2D eigenvalue weighted by molar-refractivity contribution is -0.122. The van der Waals surface area contributed by atoms with Crippen LogP contribution in [0.1, 0.15) is 25.3 Å². The number of phenolic OH excluding ortho intramolecular Hbond substituents is 1. The summed E-state index contributed by atoms with van der Waals surface area (Å²) in [6, 6.07) is 6.81. The molecule has 0 bridgehead atoms. The summed E-state index contributed by atoms with van der Waals surface area (Å²) in [6.45, 7) is 1.86. The molecule has 0 heterocycles. The third-order valence-electron chi connectivity index (χ3n) is 2.69. The first-order chi connectivity index (χ1) is 8.17. The minimum absolute atomic E-state index is 0.0428. The van der Waals surface area contributed by atoms with Crippen LogP contribution in [0.5, 0.6) is 5.75 Å². The van der Waals surface area contributed by atoms with Gasteiger partial charge in [-0.1, -0.05) is 25.1 Å². The summed E-state index contributed by atoms with van der Waals surface area (Å²) in [5.74, 6) is 0.114. The number of aryl methyl sites for hydroxylation is 1. The second-order valence-electron chi connectivity index (χ2n) is 3.98. The monoisotopic (exact) mass is 237 g/mol. The number of aliphatic hydroxyl groups excluding tert-OH is 1. The average Bonchev–Trinajstić information content (AvgIpc) is 2.35. The number of aliphatic hydroxyl groups is 1. The molecule has 1 aromatic carbocycles. The number of hydrogen-bond donors (Lipinski definition) is 3. The first-order valence-corrected chi connectivity index (χ1v) is 5.84. The topological polar surface area (TPSA) is 69.6 Å². The minimum atomic E-state index is -0.174. The van der Waals surface area contributed by atoms with Crippen molar-refractivity contribution < 1.29 is 15.0 Å². The van der Waals surface area contributed by atoms with E-state index in [1.807, 2.05) is 13.0 Å². The molecule has 0 aliphatic heterocycles. The van der Waals surface area contributed by atoms with Crippen LogP contribution in [0.4, 0.5) is 0 Å². The number of para-hydroxylation sites is 1. The van der Waals surface area contributed by atoms with E-state index in [0.717, 1.165) is 5.56 Å². The van der Waals surface area contributed by atoms with E-state index >= 15 is 0 Å². The summed E-state index contributed by atoms with van der Waals surface area (Å²) in [4.78, 5) is 11.6. The molecule has 0 radical (unpaired) electrons. The second-order valence-corrected chi connectivity index (χ2v) is 3.98. The van der Waals surface area contributed by atoms with Gasteiger partial charge < -0.3 is 15.5 Å². The van der Waals surface area contributed by atoms with Crippen LogP contribution in [0.3, 0.4) is 0 Å². The predicted molar refractivity (Wildman–Crippen MR) is 65.7 cm³/mol. The third kappa shape index (κ3) is 4.44. The van der Waals surface area contributed by atoms with Crippen LogP contribution in [-0.4, -0.2) is 28.8 Å². The van der Waals surface area contributed by atoms with E-state index < -0.39 is 0 Å². The fourth-order valence-corrected chi connectivity index (χ4v) is 1.55. The van der Waals surface area contributed by atoms with Gasteiger partial charge in [0.1, 0.15) is 5.75 Å². The van der Waals surface area contributed by atoms with Gasteiger partial charge in [-0.25, -0.2) is 0 Å². The zero-order chi connectivity index (χ0) is 12.7. The molecular weight excluding hydrogens is 218 g/mol. The molecule has 1 atom stereocenters. The van der Waals surface area contributed by atoms with Crippen molar-refractivity contribution in [2.24, 2.45) is 0 Å². The van der Waals surface area contributed by atoms with Gasteiger partial charge in [0, 0.05) is 6.42 Å². The van der Waals surface area contributed by atoms with Crippen LogP contribution in [0.25, 0.3) is 0 Å². The van der Waals surface area contributed by atoms with E-state index in [2.05, 4.69) is 5.32 Å². The van der Waals surface area contributed by atoms with Crippen LogP contribution >= 0.6 is 0 Å². The summed E-state index contributed by atoms with van der Waals surface area (Å²) in [5.41, 5.74) is 0.764. The third-order valence-corrected chi connectivity index (χ3v) is 2.69. The molecule has 0 aliphatic carbocycles. The van der Waals surface area contributed by atoms with Crippen molar-refractivity contribution in [3.05, 3.63) is 29.8 Å². The van der Waals surface area contributed by atoms with Gasteiger partial charge in [0.2, 0.25) is 5.91 Å². The summed E-state index contributed by atoms with van der Waals surface area (Å²) >= 11 is 0. The maximum atomic E-state index is 11.6. The summed E-state index contributed by atoms with van der Waals surface area (Å²) in [6.07, 6.45) is 1.52. The van der Waals surface area contributed by atoms with Gasteiger partial charge in [-0.3, -0.25) is 4.79 Å². The summed E-state index contributed by atoms with van der Waals surface area (Å²) in [5, 5.41) is 21.2. The molecule has 0 aromatic heterocycles. The second kappa shape index (κ2) is 6.91. The fraction of sp³-hybridized carbons (Fsp3) is 0.462. The molecule has 1 rings (SSSR count). The van der Waals surface area contributed by atoms with E-state index in [4.69, 9.17) is 5.11 Å². The SMILES string of the molecule is CC[C@H](CO)NC(=O)CCc1ccccc1O. The highest BCUT2D eigenvalue weighted by Crippen LogP contribution is 2.17. The largest absolute Gasteiger partial charge is 0.508 e. The molecule has 0 unspecified atom stereocenters. The van der Waals surface area contributed by atoms with Gasteiger partial charge in [0.05, 0.1) is 12.6 Å². The highest BCUT2D eigenvalue weighted by Gasteiger charge is 2.09. The molecule has 0 saturated heterocycles. The van der Waals surface area contributed by atoms with E-state index in [-0.39, 0.29) is 24.3 Å². The Hall–Kier alpha value is -1.55. The maximum absolute atomic E-state index is 11.6. The number of aromatic hydroxyl groups is 1. The first-order valence-electron chi connectivity index (χ1n) is 5.84. The number of hydrogen-bond acceptors (Lipinski definition) is 3. The Kier molecular flexibility index (Phi) is 5.49. The van der Waals surface area contributed by atoms with Gasteiger partial charge in [-0.05, 0) is 24.5 Å². The molecule has 0 spiro atoms. The van der Waals surface area contributed by atoms with Gasteiger partial charge >= 0.3 is 0 Å². The molecule has 4 nitrogen and oxygen atoms in total. The van der Waals surface area contributed by atoms with Crippen LogP contribution < -0.4 is 5.32 Å².